The minimum atomic E-state index is -0.745. The average molecular weight is 209 g/mol. The summed E-state index contributed by atoms with van der Waals surface area (Å²) in [6.07, 6.45) is 2.02. The minimum absolute atomic E-state index is 0.188. The maximum atomic E-state index is 12.5. The van der Waals surface area contributed by atoms with Crippen LogP contribution < -0.4 is 0 Å². The molecule has 15 heavy (non-hydrogen) atoms. The van der Waals surface area contributed by atoms with Crippen LogP contribution >= 0.6 is 0 Å². The summed E-state index contributed by atoms with van der Waals surface area (Å²) < 4.78 is 12.5. The molecule has 2 rings (SSSR count). The molecule has 3 nitrogen and oxygen atoms in total. The Labute approximate surface area is 86.5 Å². The van der Waals surface area contributed by atoms with E-state index in [0.29, 0.717) is 0 Å². The van der Waals surface area contributed by atoms with E-state index >= 15 is 0 Å². The number of aliphatic carboxylic acids is 1. The quantitative estimate of drug-likeness (QED) is 0.758. The number of carboxylic acid groups (broad SMARTS) is 1. The number of benzene rings is 1. The number of carboxylic acids is 1. The van der Waals surface area contributed by atoms with Crippen molar-refractivity contribution in [2.45, 2.75) is 13.3 Å². The number of nitrogens with one attached hydrogen (secondary N) is 1. The first-order chi connectivity index (χ1) is 7.13. The molecule has 0 spiro atoms. The van der Waals surface area contributed by atoms with Crippen molar-refractivity contribution in [1.29, 1.82) is 0 Å². The molecule has 0 atom stereocenters. The molecule has 2 aromatic rings. The minimum Gasteiger partial charge on any atom is -0.481 e. The van der Waals surface area contributed by atoms with E-state index in [4.69, 9.17) is 5.11 Å². The van der Waals surface area contributed by atoms with E-state index in [1.807, 2.05) is 6.07 Å². The van der Waals surface area contributed by atoms with Crippen LogP contribution in [0, 0.1) is 5.82 Å². The second kappa shape index (κ2) is 5.14. The summed E-state index contributed by atoms with van der Waals surface area (Å²) in [4.78, 5) is 12.3. The zero-order chi connectivity index (χ0) is 11.3. The van der Waals surface area contributed by atoms with Crippen molar-refractivity contribution in [2.24, 2.45) is 0 Å². The van der Waals surface area contributed by atoms with Gasteiger partial charge < -0.3 is 10.1 Å². The molecule has 0 aliphatic carbocycles. The number of rotatable bonds is 1. The highest BCUT2D eigenvalue weighted by Gasteiger charge is 1.93. The predicted molar refractivity (Wildman–Crippen MR) is 56.2 cm³/mol. The van der Waals surface area contributed by atoms with Gasteiger partial charge in [0.1, 0.15) is 5.82 Å². The summed E-state index contributed by atoms with van der Waals surface area (Å²) >= 11 is 0. The molecule has 0 radical (unpaired) electrons. The Bertz CT molecular complexity index is 451. The summed E-state index contributed by atoms with van der Waals surface area (Å²) in [5, 5.41) is 8.64. The van der Waals surface area contributed by atoms with Crippen LogP contribution in [0.3, 0.4) is 0 Å². The third-order valence-corrected chi connectivity index (χ3v) is 1.82. The van der Waals surface area contributed by atoms with Gasteiger partial charge in [0.05, 0.1) is 0 Å². The average Bonchev–Trinajstić information content (AvgIpc) is 2.65. The molecule has 0 bridgehead atoms. The monoisotopic (exact) mass is 209 g/mol. The van der Waals surface area contributed by atoms with Crippen LogP contribution in [0.15, 0.2) is 30.5 Å². The molecule has 0 aliphatic rings. The van der Waals surface area contributed by atoms with Gasteiger partial charge in [0, 0.05) is 23.5 Å². The van der Waals surface area contributed by atoms with Gasteiger partial charge in [-0.2, -0.15) is 0 Å². The fraction of sp³-hybridized carbons (Fsp3) is 0.182. The molecule has 0 saturated carbocycles. The van der Waals surface area contributed by atoms with Gasteiger partial charge >= 0.3 is 5.97 Å². The van der Waals surface area contributed by atoms with Crippen molar-refractivity contribution in [3.8, 4) is 0 Å². The first-order valence-electron chi connectivity index (χ1n) is 4.58. The Kier molecular flexibility index (Phi) is 3.85. The normalized spacial score (nSPS) is 9.47. The van der Waals surface area contributed by atoms with Crippen LogP contribution in [-0.4, -0.2) is 16.1 Å². The van der Waals surface area contributed by atoms with E-state index in [9.17, 15) is 9.18 Å². The second-order valence-corrected chi connectivity index (χ2v) is 2.96. The van der Waals surface area contributed by atoms with E-state index in [2.05, 4.69) is 4.98 Å². The lowest BCUT2D eigenvalue weighted by molar-refractivity contribution is -0.136. The molecule has 0 aliphatic heterocycles. The van der Waals surface area contributed by atoms with Crippen LogP contribution in [0.25, 0.3) is 10.9 Å². The molecule has 0 unspecified atom stereocenters. The zero-order valence-electron chi connectivity index (χ0n) is 8.33. The summed E-state index contributed by atoms with van der Waals surface area (Å²) in [6, 6.07) is 6.52. The lowest BCUT2D eigenvalue weighted by Crippen LogP contribution is -1.86. The van der Waals surface area contributed by atoms with Gasteiger partial charge in [0.25, 0.3) is 0 Å². The van der Waals surface area contributed by atoms with Crippen LogP contribution in [0.1, 0.15) is 13.3 Å². The maximum Gasteiger partial charge on any atom is 0.303 e. The zero-order valence-corrected chi connectivity index (χ0v) is 8.33. The van der Waals surface area contributed by atoms with E-state index in [0.717, 1.165) is 10.9 Å². The van der Waals surface area contributed by atoms with E-state index in [1.165, 1.54) is 12.1 Å². The van der Waals surface area contributed by atoms with E-state index < -0.39 is 5.97 Å². The van der Waals surface area contributed by atoms with Gasteiger partial charge in [-0.25, -0.2) is 4.39 Å². The third-order valence-electron chi connectivity index (χ3n) is 1.82. The summed E-state index contributed by atoms with van der Waals surface area (Å²) in [5.74, 6) is -0.933. The Balaban J connectivity index is 0.000000195. The summed E-state index contributed by atoms with van der Waals surface area (Å²) in [6.45, 7) is 1.60. The van der Waals surface area contributed by atoms with Crippen LogP contribution in [0.4, 0.5) is 4.39 Å². The number of hydrogen-bond acceptors (Lipinski definition) is 1. The van der Waals surface area contributed by atoms with Crippen LogP contribution in [0.2, 0.25) is 0 Å². The van der Waals surface area contributed by atoms with Crippen LogP contribution in [-0.2, 0) is 4.79 Å². The first-order valence-corrected chi connectivity index (χ1v) is 4.58. The summed E-state index contributed by atoms with van der Waals surface area (Å²) in [5.41, 5.74) is 0.974. The molecule has 0 fully saturated rings. The Morgan fingerprint density at radius 3 is 2.73 bits per heavy atom. The smallest absolute Gasteiger partial charge is 0.303 e. The molecular weight excluding hydrogens is 197 g/mol. The van der Waals surface area contributed by atoms with E-state index in [-0.39, 0.29) is 12.2 Å². The maximum absolute atomic E-state index is 12.5. The fourth-order valence-corrected chi connectivity index (χ4v) is 1.02. The highest BCUT2D eigenvalue weighted by molar-refractivity contribution is 5.78. The SMILES string of the molecule is CCC(=O)O.Fc1ccc2[nH]ccc2c1. The highest BCUT2D eigenvalue weighted by Crippen LogP contribution is 2.12. The Hall–Kier alpha value is -1.84. The molecule has 1 heterocycles. The van der Waals surface area contributed by atoms with Gasteiger partial charge in [-0.3, -0.25) is 4.79 Å². The molecule has 1 aromatic heterocycles. The second-order valence-electron chi connectivity index (χ2n) is 2.96. The standard InChI is InChI=1S/C8H6FN.C3H6O2/c9-7-1-2-8-6(5-7)3-4-10-8;1-2-3(4)5/h1-5,10H;2H2,1H3,(H,4,5). The topological polar surface area (TPSA) is 53.1 Å². The van der Waals surface area contributed by atoms with Gasteiger partial charge in [-0.05, 0) is 24.3 Å². The van der Waals surface area contributed by atoms with Crippen molar-refractivity contribution in [3.63, 3.8) is 0 Å². The van der Waals surface area contributed by atoms with E-state index in [1.54, 1.807) is 19.2 Å². The first kappa shape index (κ1) is 11.2. The molecule has 80 valence electrons. The predicted octanol–water partition coefficient (Wildman–Crippen LogP) is 2.79. The van der Waals surface area contributed by atoms with Crippen molar-refractivity contribution >= 4 is 16.9 Å². The van der Waals surface area contributed by atoms with Crippen LogP contribution in [0.5, 0.6) is 0 Å². The number of fused-ring (bicyclic) bond motifs is 1. The number of carbonyl (C=O) groups is 1. The molecule has 0 saturated heterocycles. The van der Waals surface area contributed by atoms with Crippen molar-refractivity contribution < 1.29 is 14.3 Å². The Morgan fingerprint density at radius 1 is 1.47 bits per heavy atom. The number of H-pyrrole nitrogens is 1. The highest BCUT2D eigenvalue weighted by atomic mass is 19.1. The van der Waals surface area contributed by atoms with Crippen molar-refractivity contribution in [1.82, 2.24) is 4.98 Å². The molecule has 1 aromatic carbocycles. The third kappa shape index (κ3) is 3.42. The van der Waals surface area contributed by atoms with Gasteiger partial charge in [0.15, 0.2) is 0 Å². The largest absolute Gasteiger partial charge is 0.481 e. The summed E-state index contributed by atoms with van der Waals surface area (Å²) in [7, 11) is 0. The van der Waals surface area contributed by atoms with Crippen molar-refractivity contribution in [3.05, 3.63) is 36.3 Å². The lowest BCUT2D eigenvalue weighted by atomic mass is 10.2. The molecular formula is C11H12FNO2. The molecule has 2 N–H and O–H groups in total. The van der Waals surface area contributed by atoms with Gasteiger partial charge in [0.2, 0.25) is 0 Å². The van der Waals surface area contributed by atoms with Gasteiger partial charge in [-0.15, -0.1) is 0 Å². The van der Waals surface area contributed by atoms with Crippen molar-refractivity contribution in [2.75, 3.05) is 0 Å². The Morgan fingerprint density at radius 2 is 2.13 bits per heavy atom. The molecule has 0 amide bonds. The number of aromatic amines is 1. The number of hydrogen-bond donors (Lipinski definition) is 2. The lowest BCUT2D eigenvalue weighted by Gasteiger charge is -1.87. The molecule has 4 heteroatoms. The fourth-order valence-electron chi connectivity index (χ4n) is 1.02. The number of halogens is 1. The number of aromatic nitrogens is 1. The van der Waals surface area contributed by atoms with Gasteiger partial charge in [-0.1, -0.05) is 6.92 Å².